The van der Waals surface area contributed by atoms with Gasteiger partial charge in [0.25, 0.3) is 0 Å². The lowest BCUT2D eigenvalue weighted by Crippen LogP contribution is -2.57. The maximum absolute atomic E-state index is 12.2. The minimum absolute atomic E-state index is 0.0539. The Kier molecular flexibility index (Phi) is 5.80. The minimum Gasteiger partial charge on any atom is -0.491 e. The Morgan fingerprint density at radius 3 is 3.00 bits per heavy atom. The molecule has 2 unspecified atom stereocenters. The fourth-order valence-electron chi connectivity index (χ4n) is 2.61. The van der Waals surface area contributed by atoms with Crippen molar-refractivity contribution in [2.24, 2.45) is 0 Å². The molecule has 5 heteroatoms. The molecule has 0 radical (unpaired) electrons. The molecule has 1 aliphatic heterocycles. The van der Waals surface area contributed by atoms with Crippen molar-refractivity contribution in [2.45, 2.75) is 44.8 Å². The van der Waals surface area contributed by atoms with E-state index in [1.54, 1.807) is 0 Å². The van der Waals surface area contributed by atoms with E-state index in [0.29, 0.717) is 0 Å². The Morgan fingerprint density at radius 1 is 1.50 bits per heavy atom. The Bertz CT molecular complexity index is 498. The second kappa shape index (κ2) is 7.61. The van der Waals surface area contributed by atoms with Crippen molar-refractivity contribution in [3.63, 3.8) is 0 Å². The quantitative estimate of drug-likeness (QED) is 0.743. The van der Waals surface area contributed by atoms with Gasteiger partial charge in [-0.05, 0) is 57.4 Å². The molecule has 122 valence electrons. The number of rotatable bonds is 6. The van der Waals surface area contributed by atoms with Crippen molar-refractivity contribution in [3.8, 4) is 5.75 Å². The van der Waals surface area contributed by atoms with Gasteiger partial charge in [0.2, 0.25) is 5.91 Å². The SMILES string of the molecule is Cc1cccc(OCC(O)CNC(=O)C2(C)CCCCN2)c1. The Morgan fingerprint density at radius 2 is 2.32 bits per heavy atom. The summed E-state index contributed by atoms with van der Waals surface area (Å²) < 4.78 is 5.53. The summed E-state index contributed by atoms with van der Waals surface area (Å²) in [5.74, 6) is 0.674. The Labute approximate surface area is 132 Å². The molecule has 0 bridgehead atoms. The van der Waals surface area contributed by atoms with Crippen molar-refractivity contribution in [1.82, 2.24) is 10.6 Å². The number of carbonyl (C=O) groups is 1. The molecule has 22 heavy (non-hydrogen) atoms. The van der Waals surface area contributed by atoms with Gasteiger partial charge in [-0.15, -0.1) is 0 Å². The molecule has 5 nitrogen and oxygen atoms in total. The maximum Gasteiger partial charge on any atom is 0.240 e. The van der Waals surface area contributed by atoms with Crippen LogP contribution in [0.2, 0.25) is 0 Å². The highest BCUT2D eigenvalue weighted by Crippen LogP contribution is 2.18. The first-order chi connectivity index (χ1) is 10.5. The van der Waals surface area contributed by atoms with Gasteiger partial charge in [0.05, 0.1) is 5.54 Å². The van der Waals surface area contributed by atoms with Crippen LogP contribution in [0, 0.1) is 6.92 Å². The first-order valence-electron chi connectivity index (χ1n) is 7.90. The van der Waals surface area contributed by atoms with E-state index in [1.165, 1.54) is 0 Å². The molecule has 0 saturated carbocycles. The number of carbonyl (C=O) groups excluding carboxylic acids is 1. The van der Waals surface area contributed by atoms with Gasteiger partial charge in [-0.3, -0.25) is 4.79 Å². The van der Waals surface area contributed by atoms with E-state index in [4.69, 9.17) is 4.74 Å². The zero-order chi connectivity index (χ0) is 16.0. The van der Waals surface area contributed by atoms with Crippen molar-refractivity contribution in [1.29, 1.82) is 0 Å². The van der Waals surface area contributed by atoms with Crippen LogP contribution in [0.5, 0.6) is 5.75 Å². The lowest BCUT2D eigenvalue weighted by Gasteiger charge is -2.33. The molecule has 1 saturated heterocycles. The summed E-state index contributed by atoms with van der Waals surface area (Å²) in [5.41, 5.74) is 0.589. The molecule has 1 fully saturated rings. The first-order valence-corrected chi connectivity index (χ1v) is 7.90. The molecule has 3 N–H and O–H groups in total. The standard InChI is InChI=1S/C17H26N2O3/c1-13-6-5-7-15(10-13)22-12-14(20)11-18-16(21)17(2)8-3-4-9-19-17/h5-7,10,14,19-20H,3-4,8-9,11-12H2,1-2H3,(H,18,21). The van der Waals surface area contributed by atoms with E-state index < -0.39 is 11.6 Å². The number of hydrogen-bond donors (Lipinski definition) is 3. The zero-order valence-corrected chi connectivity index (χ0v) is 13.4. The van der Waals surface area contributed by atoms with Crippen LogP contribution in [0.3, 0.4) is 0 Å². The van der Waals surface area contributed by atoms with Crippen LogP contribution in [0.15, 0.2) is 24.3 Å². The summed E-state index contributed by atoms with van der Waals surface area (Å²) in [5, 5.41) is 16.0. The van der Waals surface area contributed by atoms with Crippen LogP contribution in [0.25, 0.3) is 0 Å². The summed E-state index contributed by atoms with van der Waals surface area (Å²) in [7, 11) is 0. The molecule has 0 spiro atoms. The number of nitrogens with one attached hydrogen (secondary N) is 2. The summed E-state index contributed by atoms with van der Waals surface area (Å²) in [6.45, 7) is 5.12. The fraction of sp³-hybridized carbons (Fsp3) is 0.588. The first kappa shape index (κ1) is 16.8. The van der Waals surface area contributed by atoms with E-state index in [1.807, 2.05) is 38.1 Å². The highest BCUT2D eigenvalue weighted by Gasteiger charge is 2.34. The molecular weight excluding hydrogens is 280 g/mol. The van der Waals surface area contributed by atoms with Crippen LogP contribution in [-0.2, 0) is 4.79 Å². The third-order valence-electron chi connectivity index (χ3n) is 4.05. The number of aliphatic hydroxyl groups is 1. The summed E-state index contributed by atoms with van der Waals surface area (Å²) in [6, 6.07) is 7.67. The van der Waals surface area contributed by atoms with Crippen molar-refractivity contribution < 1.29 is 14.6 Å². The van der Waals surface area contributed by atoms with Gasteiger partial charge >= 0.3 is 0 Å². The van der Waals surface area contributed by atoms with Crippen LogP contribution in [0.1, 0.15) is 31.7 Å². The molecule has 1 aliphatic rings. The molecule has 1 aromatic rings. The lowest BCUT2D eigenvalue weighted by atomic mass is 9.90. The topological polar surface area (TPSA) is 70.6 Å². The van der Waals surface area contributed by atoms with Gasteiger partial charge in [-0.25, -0.2) is 0 Å². The Balaban J connectivity index is 1.73. The third kappa shape index (κ3) is 4.71. The summed E-state index contributed by atoms with van der Waals surface area (Å²) >= 11 is 0. The van der Waals surface area contributed by atoms with Gasteiger partial charge in [0, 0.05) is 6.54 Å². The lowest BCUT2D eigenvalue weighted by molar-refractivity contribution is -0.128. The average molecular weight is 306 g/mol. The van der Waals surface area contributed by atoms with Gasteiger partial charge in [-0.2, -0.15) is 0 Å². The van der Waals surface area contributed by atoms with Crippen LogP contribution in [0.4, 0.5) is 0 Å². The fourth-order valence-corrected chi connectivity index (χ4v) is 2.61. The van der Waals surface area contributed by atoms with E-state index in [2.05, 4.69) is 10.6 Å². The van der Waals surface area contributed by atoms with E-state index in [-0.39, 0.29) is 19.1 Å². The number of aliphatic hydroxyl groups excluding tert-OH is 1. The van der Waals surface area contributed by atoms with Crippen LogP contribution < -0.4 is 15.4 Å². The largest absolute Gasteiger partial charge is 0.491 e. The zero-order valence-electron chi connectivity index (χ0n) is 13.4. The highest BCUT2D eigenvalue weighted by atomic mass is 16.5. The third-order valence-corrected chi connectivity index (χ3v) is 4.05. The summed E-state index contributed by atoms with van der Waals surface area (Å²) in [6.07, 6.45) is 2.26. The predicted octanol–water partition coefficient (Wildman–Crippen LogP) is 1.38. The van der Waals surface area contributed by atoms with Crippen molar-refractivity contribution in [2.75, 3.05) is 19.7 Å². The van der Waals surface area contributed by atoms with Gasteiger partial charge in [0.15, 0.2) is 0 Å². The molecule has 1 amide bonds. The van der Waals surface area contributed by atoms with Gasteiger partial charge in [0.1, 0.15) is 18.5 Å². The number of ether oxygens (including phenoxy) is 1. The smallest absolute Gasteiger partial charge is 0.240 e. The second-order valence-electron chi connectivity index (χ2n) is 6.21. The second-order valence-corrected chi connectivity index (χ2v) is 6.21. The number of hydrogen-bond acceptors (Lipinski definition) is 4. The molecule has 1 aromatic carbocycles. The van der Waals surface area contributed by atoms with Gasteiger partial charge in [-0.1, -0.05) is 12.1 Å². The van der Waals surface area contributed by atoms with E-state index in [0.717, 1.165) is 37.1 Å². The predicted molar refractivity (Wildman–Crippen MR) is 85.9 cm³/mol. The highest BCUT2D eigenvalue weighted by molar-refractivity contribution is 5.85. The van der Waals surface area contributed by atoms with Gasteiger partial charge < -0.3 is 20.5 Å². The number of amides is 1. The summed E-state index contributed by atoms with van der Waals surface area (Å²) in [4.78, 5) is 12.2. The molecular formula is C17H26N2O3. The minimum atomic E-state index is -0.725. The molecule has 1 heterocycles. The normalized spacial score (nSPS) is 22.9. The maximum atomic E-state index is 12.2. The number of piperidine rings is 1. The monoisotopic (exact) mass is 306 g/mol. The number of benzene rings is 1. The molecule has 0 aromatic heterocycles. The van der Waals surface area contributed by atoms with Crippen LogP contribution in [-0.4, -0.2) is 42.4 Å². The number of aryl methyl sites for hydroxylation is 1. The van der Waals surface area contributed by atoms with Crippen LogP contribution >= 0.6 is 0 Å². The average Bonchev–Trinajstić information content (AvgIpc) is 2.51. The molecule has 0 aliphatic carbocycles. The molecule has 2 rings (SSSR count). The van der Waals surface area contributed by atoms with Crippen molar-refractivity contribution >= 4 is 5.91 Å². The Hall–Kier alpha value is -1.59. The molecule has 2 atom stereocenters. The van der Waals surface area contributed by atoms with E-state index >= 15 is 0 Å². The van der Waals surface area contributed by atoms with E-state index in [9.17, 15) is 9.90 Å². The van der Waals surface area contributed by atoms with Crippen molar-refractivity contribution in [3.05, 3.63) is 29.8 Å².